The Bertz CT molecular complexity index is 852. The minimum absolute atomic E-state index is 0.000557. The summed E-state index contributed by atoms with van der Waals surface area (Å²) in [5, 5.41) is 0. The minimum atomic E-state index is -0.216. The van der Waals surface area contributed by atoms with Crippen LogP contribution in [-0.4, -0.2) is 50.6 Å². The van der Waals surface area contributed by atoms with Crippen LogP contribution in [0.1, 0.15) is 35.4 Å². The maximum Gasteiger partial charge on any atom is 0.258 e. The number of amides is 2. The molecule has 1 aliphatic rings. The van der Waals surface area contributed by atoms with E-state index in [9.17, 15) is 9.59 Å². The van der Waals surface area contributed by atoms with E-state index in [4.69, 9.17) is 9.47 Å². The molecule has 2 aromatic carbocycles. The summed E-state index contributed by atoms with van der Waals surface area (Å²) in [5.74, 6) is 0.167. The van der Waals surface area contributed by atoms with Gasteiger partial charge in [-0.15, -0.1) is 0 Å². The highest BCUT2D eigenvalue weighted by molar-refractivity contribution is 6.02. The van der Waals surface area contributed by atoms with Gasteiger partial charge in [-0.25, -0.2) is 0 Å². The number of likely N-dealkylation sites (N-methyl/N-ethyl adjacent to an activating group) is 1. The highest BCUT2D eigenvalue weighted by atomic mass is 16.5. The Balaban J connectivity index is 1.93. The van der Waals surface area contributed by atoms with Gasteiger partial charge in [-0.3, -0.25) is 9.59 Å². The highest BCUT2D eigenvalue weighted by Gasteiger charge is 2.28. The predicted molar refractivity (Wildman–Crippen MR) is 108 cm³/mol. The summed E-state index contributed by atoms with van der Waals surface area (Å²) in [6, 6.07) is 14.8. The molecule has 0 aliphatic carbocycles. The largest absolute Gasteiger partial charge is 0.493 e. The molecule has 148 valence electrons. The number of ether oxygens (including phenoxy) is 2. The number of rotatable bonds is 4. The van der Waals surface area contributed by atoms with E-state index in [0.29, 0.717) is 30.9 Å². The molecule has 0 aromatic heterocycles. The average molecular weight is 382 g/mol. The first-order valence-electron chi connectivity index (χ1n) is 9.46. The molecule has 6 nitrogen and oxygen atoms in total. The molecule has 28 heavy (non-hydrogen) atoms. The smallest absolute Gasteiger partial charge is 0.258 e. The summed E-state index contributed by atoms with van der Waals surface area (Å²) in [6.45, 7) is 2.75. The van der Waals surface area contributed by atoms with Crippen LogP contribution < -0.4 is 9.64 Å². The van der Waals surface area contributed by atoms with Crippen molar-refractivity contribution in [2.24, 2.45) is 0 Å². The van der Waals surface area contributed by atoms with Gasteiger partial charge in [0.1, 0.15) is 12.3 Å². The lowest BCUT2D eigenvalue weighted by molar-refractivity contribution is -0.119. The SMILES string of the molecule is CCOc1ccccc1C(=O)N1CCC(OC)c2ccccc2N(C)C(=O)C1. The number of nitrogens with zero attached hydrogens (tertiary/aromatic N) is 2. The van der Waals surface area contributed by atoms with E-state index in [1.54, 1.807) is 42.2 Å². The molecule has 0 saturated carbocycles. The third-order valence-electron chi connectivity index (χ3n) is 5.00. The molecule has 2 amide bonds. The van der Waals surface area contributed by atoms with Crippen molar-refractivity contribution in [1.29, 1.82) is 0 Å². The molecule has 0 radical (unpaired) electrons. The lowest BCUT2D eigenvalue weighted by atomic mass is 10.0. The number of benzene rings is 2. The lowest BCUT2D eigenvalue weighted by Crippen LogP contribution is -2.41. The fourth-order valence-electron chi connectivity index (χ4n) is 3.49. The van der Waals surface area contributed by atoms with Crippen LogP contribution in [0.5, 0.6) is 5.75 Å². The van der Waals surface area contributed by atoms with Crippen LogP contribution >= 0.6 is 0 Å². The van der Waals surface area contributed by atoms with Gasteiger partial charge < -0.3 is 19.3 Å². The quantitative estimate of drug-likeness (QED) is 0.814. The lowest BCUT2D eigenvalue weighted by Gasteiger charge is -2.25. The number of carbonyl (C=O) groups excluding carboxylic acids is 2. The molecule has 2 aromatic rings. The molecular weight excluding hydrogens is 356 g/mol. The molecule has 6 heteroatoms. The van der Waals surface area contributed by atoms with E-state index in [1.807, 2.05) is 37.3 Å². The summed E-state index contributed by atoms with van der Waals surface area (Å²) >= 11 is 0. The van der Waals surface area contributed by atoms with Crippen LogP contribution in [0, 0.1) is 0 Å². The van der Waals surface area contributed by atoms with Crippen molar-refractivity contribution >= 4 is 17.5 Å². The molecule has 1 aliphatic heterocycles. The molecule has 0 N–H and O–H groups in total. The van der Waals surface area contributed by atoms with E-state index in [2.05, 4.69) is 0 Å². The first kappa shape index (κ1) is 19.9. The topological polar surface area (TPSA) is 59.1 Å². The van der Waals surface area contributed by atoms with Crippen LogP contribution in [0.2, 0.25) is 0 Å². The molecule has 0 spiro atoms. The zero-order valence-electron chi connectivity index (χ0n) is 16.6. The minimum Gasteiger partial charge on any atom is -0.493 e. The summed E-state index contributed by atoms with van der Waals surface area (Å²) in [4.78, 5) is 29.3. The number of hydrogen-bond acceptors (Lipinski definition) is 4. The molecule has 0 saturated heterocycles. The van der Waals surface area contributed by atoms with E-state index in [-0.39, 0.29) is 24.5 Å². The summed E-state index contributed by atoms with van der Waals surface area (Å²) in [7, 11) is 3.38. The Morgan fingerprint density at radius 2 is 1.86 bits per heavy atom. The fraction of sp³-hybridized carbons (Fsp3) is 0.364. The van der Waals surface area contributed by atoms with Crippen molar-refractivity contribution in [2.45, 2.75) is 19.4 Å². The number of hydrogen-bond donors (Lipinski definition) is 0. The zero-order valence-corrected chi connectivity index (χ0v) is 16.6. The van der Waals surface area contributed by atoms with Crippen molar-refractivity contribution in [3.05, 3.63) is 59.7 Å². The second kappa shape index (κ2) is 8.89. The maximum atomic E-state index is 13.2. The van der Waals surface area contributed by atoms with Crippen LogP contribution in [0.15, 0.2) is 48.5 Å². The third-order valence-corrected chi connectivity index (χ3v) is 5.00. The molecule has 0 bridgehead atoms. The third kappa shape index (κ3) is 4.02. The summed E-state index contributed by atoms with van der Waals surface area (Å²) in [5.41, 5.74) is 2.22. The Labute approximate surface area is 165 Å². The number of carbonyl (C=O) groups is 2. The van der Waals surface area contributed by atoms with E-state index < -0.39 is 0 Å². The molecule has 1 unspecified atom stereocenters. The van der Waals surface area contributed by atoms with Crippen molar-refractivity contribution < 1.29 is 19.1 Å². The molecular formula is C22H26N2O4. The van der Waals surface area contributed by atoms with Crippen LogP contribution in [0.4, 0.5) is 5.69 Å². The Morgan fingerprint density at radius 3 is 2.61 bits per heavy atom. The van der Waals surface area contributed by atoms with Gasteiger partial charge in [-0.1, -0.05) is 30.3 Å². The predicted octanol–water partition coefficient (Wildman–Crippen LogP) is 3.28. The summed E-state index contributed by atoms with van der Waals surface area (Å²) < 4.78 is 11.3. The number of methoxy groups -OCH3 is 1. The monoisotopic (exact) mass is 382 g/mol. The number of fused-ring (bicyclic) bond motifs is 1. The Hall–Kier alpha value is -2.86. The molecule has 1 atom stereocenters. The van der Waals surface area contributed by atoms with Crippen molar-refractivity contribution in [2.75, 3.05) is 38.8 Å². The first-order valence-corrected chi connectivity index (χ1v) is 9.46. The highest BCUT2D eigenvalue weighted by Crippen LogP contribution is 2.32. The number of anilines is 1. The van der Waals surface area contributed by atoms with Crippen LogP contribution in [0.25, 0.3) is 0 Å². The van der Waals surface area contributed by atoms with E-state index >= 15 is 0 Å². The standard InChI is InChI=1S/C22H26N2O4/c1-4-28-20-12-8-6-10-17(20)22(26)24-14-13-19(27-3)16-9-5-7-11-18(16)23(2)21(25)15-24/h5-12,19H,4,13-15H2,1-3H3. The van der Waals surface area contributed by atoms with Gasteiger partial charge in [0.15, 0.2) is 0 Å². The van der Waals surface area contributed by atoms with Crippen LogP contribution in [0.3, 0.4) is 0 Å². The van der Waals surface area contributed by atoms with E-state index in [0.717, 1.165) is 11.3 Å². The molecule has 3 rings (SSSR count). The van der Waals surface area contributed by atoms with Crippen molar-refractivity contribution in [1.82, 2.24) is 4.90 Å². The van der Waals surface area contributed by atoms with Crippen molar-refractivity contribution in [3.8, 4) is 5.75 Å². The second-order valence-electron chi connectivity index (χ2n) is 6.68. The second-order valence-corrected chi connectivity index (χ2v) is 6.68. The van der Waals surface area contributed by atoms with Gasteiger partial charge in [0.05, 0.1) is 18.3 Å². The Morgan fingerprint density at radius 1 is 1.14 bits per heavy atom. The van der Waals surface area contributed by atoms with E-state index in [1.165, 1.54) is 0 Å². The summed E-state index contributed by atoms with van der Waals surface area (Å²) in [6.07, 6.45) is 0.388. The van der Waals surface area contributed by atoms with Gasteiger partial charge >= 0.3 is 0 Å². The van der Waals surface area contributed by atoms with Crippen molar-refractivity contribution in [3.63, 3.8) is 0 Å². The van der Waals surface area contributed by atoms with Gasteiger partial charge in [0.2, 0.25) is 5.91 Å². The Kier molecular flexibility index (Phi) is 6.31. The first-order chi connectivity index (χ1) is 13.6. The average Bonchev–Trinajstić information content (AvgIpc) is 2.77. The number of para-hydroxylation sites is 2. The normalized spacial score (nSPS) is 17.4. The van der Waals surface area contributed by atoms with Crippen LogP contribution in [-0.2, 0) is 9.53 Å². The maximum absolute atomic E-state index is 13.2. The molecule has 0 fully saturated rings. The van der Waals surface area contributed by atoms with Gasteiger partial charge in [-0.2, -0.15) is 0 Å². The zero-order chi connectivity index (χ0) is 20.1. The van der Waals surface area contributed by atoms with Gasteiger partial charge in [0, 0.05) is 32.0 Å². The molecule has 1 heterocycles. The fourth-order valence-corrected chi connectivity index (χ4v) is 3.49. The van der Waals surface area contributed by atoms with Gasteiger partial charge in [0.25, 0.3) is 5.91 Å². The van der Waals surface area contributed by atoms with Gasteiger partial charge in [-0.05, 0) is 31.5 Å².